The van der Waals surface area contributed by atoms with E-state index in [0.29, 0.717) is 5.69 Å². The molecule has 0 unspecified atom stereocenters. The summed E-state index contributed by atoms with van der Waals surface area (Å²) in [6.07, 6.45) is 0. The lowest BCUT2D eigenvalue weighted by Crippen LogP contribution is -2.42. The number of nitrogens with one attached hydrogen (secondary N) is 3. The molecule has 0 bridgehead atoms. The van der Waals surface area contributed by atoms with Crippen LogP contribution in [0.25, 0.3) is 0 Å². The molecule has 0 aliphatic carbocycles. The van der Waals surface area contributed by atoms with Gasteiger partial charge in [0.25, 0.3) is 0 Å². The van der Waals surface area contributed by atoms with E-state index in [9.17, 15) is 13.2 Å². The van der Waals surface area contributed by atoms with Crippen molar-refractivity contribution in [3.63, 3.8) is 0 Å². The number of sulfonamides is 1. The van der Waals surface area contributed by atoms with Gasteiger partial charge in [-0.15, -0.1) is 0 Å². The highest BCUT2D eigenvalue weighted by atomic mass is 32.2. The average Bonchev–Trinajstić information content (AvgIpc) is 2.26. The Morgan fingerprint density at radius 2 is 1.78 bits per heavy atom. The number of benzene rings is 1. The van der Waals surface area contributed by atoms with Crippen LogP contribution in [0.5, 0.6) is 0 Å². The summed E-state index contributed by atoms with van der Waals surface area (Å²) in [5, 5.41) is 7.88. The molecule has 0 saturated heterocycles. The van der Waals surface area contributed by atoms with Crippen LogP contribution >= 0.6 is 12.2 Å². The summed E-state index contributed by atoms with van der Waals surface area (Å²) in [6, 6.07) is 5.69. The van der Waals surface area contributed by atoms with Crippen molar-refractivity contribution in [1.29, 1.82) is 0 Å². The van der Waals surface area contributed by atoms with Gasteiger partial charge in [-0.25, -0.2) is 13.6 Å². The topological polar surface area (TPSA) is 113 Å². The van der Waals surface area contributed by atoms with Gasteiger partial charge in [0, 0.05) is 12.6 Å². The lowest BCUT2D eigenvalue weighted by molar-refractivity contribution is -0.119. The van der Waals surface area contributed by atoms with E-state index in [-0.39, 0.29) is 15.9 Å². The lowest BCUT2D eigenvalue weighted by atomic mass is 10.3. The Kier molecular flexibility index (Phi) is 4.59. The molecule has 98 valence electrons. The molecule has 0 atom stereocenters. The predicted molar refractivity (Wildman–Crippen MR) is 71.0 cm³/mol. The molecule has 1 aromatic rings. The van der Waals surface area contributed by atoms with Gasteiger partial charge >= 0.3 is 0 Å². The minimum atomic E-state index is -3.70. The van der Waals surface area contributed by atoms with Crippen LogP contribution in [0.2, 0.25) is 0 Å². The fraction of sp³-hybridized carbons (Fsp3) is 0.111. The minimum absolute atomic E-state index is 0.00814. The van der Waals surface area contributed by atoms with Gasteiger partial charge in [0.1, 0.15) is 0 Å². The summed E-state index contributed by atoms with van der Waals surface area (Å²) < 4.78 is 22.0. The summed E-state index contributed by atoms with van der Waals surface area (Å²) in [5.74, 6) is -0.288. The molecule has 1 amide bonds. The Bertz CT molecular complexity index is 554. The monoisotopic (exact) mass is 288 g/mol. The highest BCUT2D eigenvalue weighted by Gasteiger charge is 2.06. The molecule has 7 nitrogen and oxygen atoms in total. The zero-order valence-corrected chi connectivity index (χ0v) is 11.1. The zero-order chi connectivity index (χ0) is 13.8. The third-order valence-corrected chi connectivity index (χ3v) is 2.93. The van der Waals surface area contributed by atoms with Crippen molar-refractivity contribution in [1.82, 2.24) is 10.9 Å². The number of carbonyl (C=O) groups excluding carboxylic acids is 1. The van der Waals surface area contributed by atoms with Crippen molar-refractivity contribution >= 4 is 38.9 Å². The first kappa shape index (κ1) is 14.4. The summed E-state index contributed by atoms with van der Waals surface area (Å²) in [4.78, 5) is 10.6. The van der Waals surface area contributed by atoms with Gasteiger partial charge in [0.15, 0.2) is 5.11 Å². The van der Waals surface area contributed by atoms with E-state index in [1.54, 1.807) is 0 Å². The molecule has 9 heteroatoms. The molecular weight excluding hydrogens is 276 g/mol. The first-order valence-corrected chi connectivity index (χ1v) is 6.71. The van der Waals surface area contributed by atoms with Crippen LogP contribution in [-0.2, 0) is 14.8 Å². The SMILES string of the molecule is CC(=O)NNC(=S)Nc1ccc(S(N)(=O)=O)cc1. The molecular formula is C9H12N4O3S2. The number of primary sulfonamides is 1. The summed E-state index contributed by atoms with van der Waals surface area (Å²) >= 11 is 4.88. The molecule has 5 N–H and O–H groups in total. The van der Waals surface area contributed by atoms with E-state index in [1.165, 1.54) is 31.2 Å². The maximum absolute atomic E-state index is 11.0. The molecule has 0 aliphatic heterocycles. The van der Waals surface area contributed by atoms with Crippen LogP contribution in [0.4, 0.5) is 5.69 Å². The third-order valence-electron chi connectivity index (χ3n) is 1.79. The maximum atomic E-state index is 11.0. The number of anilines is 1. The molecule has 1 rings (SSSR count). The van der Waals surface area contributed by atoms with Crippen LogP contribution in [0, 0.1) is 0 Å². The molecule has 0 aliphatic rings. The Morgan fingerprint density at radius 1 is 1.22 bits per heavy atom. The quantitative estimate of drug-likeness (QED) is 0.438. The van der Waals surface area contributed by atoms with Gasteiger partial charge < -0.3 is 5.32 Å². The molecule has 0 radical (unpaired) electrons. The average molecular weight is 288 g/mol. The van der Waals surface area contributed by atoms with Crippen LogP contribution in [0.1, 0.15) is 6.92 Å². The normalized spacial score (nSPS) is 10.6. The highest BCUT2D eigenvalue weighted by molar-refractivity contribution is 7.89. The number of hydrogen-bond donors (Lipinski definition) is 4. The zero-order valence-electron chi connectivity index (χ0n) is 9.43. The number of amides is 1. The summed E-state index contributed by atoms with van der Waals surface area (Å²) in [7, 11) is -3.70. The molecule has 0 fully saturated rings. The van der Waals surface area contributed by atoms with Crippen molar-refractivity contribution in [2.24, 2.45) is 5.14 Å². The van der Waals surface area contributed by atoms with Gasteiger partial charge in [-0.1, -0.05) is 0 Å². The Hall–Kier alpha value is -1.71. The van der Waals surface area contributed by atoms with E-state index in [1.807, 2.05) is 0 Å². The molecule has 1 aromatic carbocycles. The number of carbonyl (C=O) groups is 1. The second-order valence-electron chi connectivity index (χ2n) is 3.33. The van der Waals surface area contributed by atoms with Crippen molar-refractivity contribution in [3.8, 4) is 0 Å². The first-order valence-electron chi connectivity index (χ1n) is 4.75. The number of nitrogens with two attached hydrogens (primary N) is 1. The maximum Gasteiger partial charge on any atom is 0.238 e. The lowest BCUT2D eigenvalue weighted by Gasteiger charge is -2.10. The van der Waals surface area contributed by atoms with E-state index >= 15 is 0 Å². The number of rotatable bonds is 2. The van der Waals surface area contributed by atoms with Crippen molar-refractivity contribution in [3.05, 3.63) is 24.3 Å². The van der Waals surface area contributed by atoms with Gasteiger partial charge in [-0.05, 0) is 36.5 Å². The molecule has 0 saturated carbocycles. The van der Waals surface area contributed by atoms with E-state index in [4.69, 9.17) is 17.4 Å². The second-order valence-corrected chi connectivity index (χ2v) is 5.30. The van der Waals surface area contributed by atoms with Crippen molar-refractivity contribution in [2.75, 3.05) is 5.32 Å². The molecule has 0 heterocycles. The van der Waals surface area contributed by atoms with Gasteiger partial charge in [-0.2, -0.15) is 0 Å². The smallest absolute Gasteiger partial charge is 0.238 e. The van der Waals surface area contributed by atoms with Crippen LogP contribution in [0.15, 0.2) is 29.2 Å². The number of hydrogen-bond acceptors (Lipinski definition) is 4. The highest BCUT2D eigenvalue weighted by Crippen LogP contribution is 2.12. The fourth-order valence-electron chi connectivity index (χ4n) is 1.04. The van der Waals surface area contributed by atoms with Crippen LogP contribution < -0.4 is 21.3 Å². The Balaban J connectivity index is 2.64. The van der Waals surface area contributed by atoms with Crippen molar-refractivity contribution in [2.45, 2.75) is 11.8 Å². The fourth-order valence-corrected chi connectivity index (χ4v) is 1.72. The van der Waals surface area contributed by atoms with Gasteiger partial charge in [0.2, 0.25) is 15.9 Å². The second kappa shape index (κ2) is 5.76. The number of hydrazine groups is 1. The van der Waals surface area contributed by atoms with Crippen molar-refractivity contribution < 1.29 is 13.2 Å². The van der Waals surface area contributed by atoms with Crippen LogP contribution in [0.3, 0.4) is 0 Å². The predicted octanol–water partition coefficient (Wildman–Crippen LogP) is -0.329. The summed E-state index contributed by atoms with van der Waals surface area (Å²) in [6.45, 7) is 1.33. The Labute approximate surface area is 110 Å². The molecule has 18 heavy (non-hydrogen) atoms. The first-order chi connectivity index (χ1) is 8.29. The van der Waals surface area contributed by atoms with E-state index in [0.717, 1.165) is 0 Å². The number of thiocarbonyl (C=S) groups is 1. The van der Waals surface area contributed by atoms with E-state index < -0.39 is 10.0 Å². The molecule has 0 aromatic heterocycles. The van der Waals surface area contributed by atoms with Crippen LogP contribution in [-0.4, -0.2) is 19.4 Å². The standard InChI is InChI=1S/C9H12N4O3S2/c1-6(14)12-13-9(17)11-7-2-4-8(5-3-7)18(10,15)16/h2-5H,1H3,(H,12,14)(H2,10,15,16)(H2,11,13,17). The molecule has 0 spiro atoms. The Morgan fingerprint density at radius 3 is 2.22 bits per heavy atom. The van der Waals surface area contributed by atoms with Gasteiger partial charge in [-0.3, -0.25) is 15.6 Å². The summed E-state index contributed by atoms with van der Waals surface area (Å²) in [5.41, 5.74) is 5.31. The largest absolute Gasteiger partial charge is 0.331 e. The minimum Gasteiger partial charge on any atom is -0.331 e. The third kappa shape index (κ3) is 4.65. The van der Waals surface area contributed by atoms with Gasteiger partial charge in [0.05, 0.1) is 4.90 Å². The van der Waals surface area contributed by atoms with E-state index in [2.05, 4.69) is 16.2 Å².